The molecule has 8 heteroatoms. The Hall–Kier alpha value is -2.90. The summed E-state index contributed by atoms with van der Waals surface area (Å²) < 4.78 is 1.37. The van der Waals surface area contributed by atoms with Crippen molar-refractivity contribution in [2.75, 3.05) is 13.1 Å². The molecule has 0 fully saturated rings. The normalized spacial score (nSPS) is 10.5. The van der Waals surface area contributed by atoms with Crippen molar-refractivity contribution >= 4 is 22.6 Å². The van der Waals surface area contributed by atoms with Crippen molar-refractivity contribution in [3.8, 4) is 0 Å². The molecule has 0 radical (unpaired) electrons. The zero-order chi connectivity index (χ0) is 16.8. The number of amides is 1. The van der Waals surface area contributed by atoms with Crippen molar-refractivity contribution in [2.45, 2.75) is 19.9 Å². The molecule has 0 bridgehead atoms. The van der Waals surface area contributed by atoms with Crippen LogP contribution in [0.4, 0.5) is 0 Å². The molecule has 2 rings (SSSR count). The van der Waals surface area contributed by atoms with E-state index >= 15 is 0 Å². The molecule has 6 N–H and O–H groups in total. The van der Waals surface area contributed by atoms with E-state index in [4.69, 9.17) is 11.5 Å². The zero-order valence-corrected chi connectivity index (χ0v) is 13.0. The van der Waals surface area contributed by atoms with E-state index in [1.807, 2.05) is 13.0 Å². The van der Waals surface area contributed by atoms with Gasteiger partial charge in [-0.05, 0) is 13.0 Å². The number of aryl methyl sites for hydroxylation is 1. The third kappa shape index (κ3) is 4.06. The highest BCUT2D eigenvalue weighted by Crippen LogP contribution is 2.13. The number of aromatic nitrogens is 2. The van der Waals surface area contributed by atoms with Gasteiger partial charge in [0.05, 0.1) is 24.0 Å². The Kier molecular flexibility index (Phi) is 5.29. The summed E-state index contributed by atoms with van der Waals surface area (Å²) in [5, 5.41) is 8.32. The second-order valence-corrected chi connectivity index (χ2v) is 5.02. The number of nitrogens with one attached hydrogen (secondary N) is 2. The van der Waals surface area contributed by atoms with Gasteiger partial charge >= 0.3 is 5.96 Å². The van der Waals surface area contributed by atoms with Crippen LogP contribution in [-0.4, -0.2) is 34.7 Å². The monoisotopic (exact) mass is 317 g/mol. The predicted octanol–water partition coefficient (Wildman–Crippen LogP) is -2.57. The molecule has 0 atom stereocenters. The fraction of sp³-hybridized carbons (Fsp3) is 0.333. The van der Waals surface area contributed by atoms with E-state index in [9.17, 15) is 9.59 Å². The number of fused-ring (bicyclic) bond motifs is 1. The van der Waals surface area contributed by atoms with E-state index in [0.717, 1.165) is 0 Å². The molecule has 0 unspecified atom stereocenters. The smallest absolute Gasteiger partial charge is 0.338 e. The van der Waals surface area contributed by atoms with Gasteiger partial charge in [-0.2, -0.15) is 5.10 Å². The van der Waals surface area contributed by atoms with Crippen LogP contribution in [0.5, 0.6) is 0 Å². The Morgan fingerprint density at radius 2 is 2.00 bits per heavy atom. The van der Waals surface area contributed by atoms with Gasteiger partial charge in [0, 0.05) is 18.5 Å². The molecule has 0 saturated carbocycles. The summed E-state index contributed by atoms with van der Waals surface area (Å²) in [7, 11) is 0. The molecule has 122 valence electrons. The molecule has 1 aromatic carbocycles. The summed E-state index contributed by atoms with van der Waals surface area (Å²) in [6.45, 7) is 3.12. The van der Waals surface area contributed by atoms with E-state index in [1.54, 1.807) is 18.2 Å². The van der Waals surface area contributed by atoms with Crippen molar-refractivity contribution in [3.05, 3.63) is 40.3 Å². The lowest BCUT2D eigenvalue weighted by Gasteiger charge is -2.09. The van der Waals surface area contributed by atoms with Crippen molar-refractivity contribution in [1.29, 1.82) is 0 Å². The Labute approximate surface area is 133 Å². The van der Waals surface area contributed by atoms with Crippen LogP contribution in [-0.2, 0) is 17.8 Å². The van der Waals surface area contributed by atoms with E-state index in [1.165, 1.54) is 4.68 Å². The summed E-state index contributed by atoms with van der Waals surface area (Å²) in [6.07, 6.45) is 0.0998. The largest absolute Gasteiger partial charge is 0.353 e. The average molecular weight is 317 g/mol. The van der Waals surface area contributed by atoms with E-state index in [-0.39, 0.29) is 23.8 Å². The van der Waals surface area contributed by atoms with Gasteiger partial charge in [-0.3, -0.25) is 26.0 Å². The van der Waals surface area contributed by atoms with Crippen LogP contribution in [0.25, 0.3) is 10.8 Å². The summed E-state index contributed by atoms with van der Waals surface area (Å²) in [5.41, 5.74) is 11.0. The number of nitrogens with two attached hydrogens (primary N) is 2. The number of carbonyl (C=O) groups excluding carboxylic acids is 1. The highest BCUT2D eigenvalue weighted by Gasteiger charge is 2.12. The minimum absolute atomic E-state index is 0.0998. The van der Waals surface area contributed by atoms with Crippen LogP contribution in [0, 0.1) is 0 Å². The molecule has 0 aliphatic rings. The number of benzene rings is 1. The van der Waals surface area contributed by atoms with Gasteiger partial charge in [-0.1, -0.05) is 18.2 Å². The molecule has 0 aliphatic carbocycles. The molecule has 0 saturated heterocycles. The molecule has 8 nitrogen and oxygen atoms in total. The summed E-state index contributed by atoms with van der Waals surface area (Å²) in [4.78, 5) is 27.0. The third-order valence-corrected chi connectivity index (χ3v) is 3.35. The van der Waals surface area contributed by atoms with Crippen LogP contribution in [0.2, 0.25) is 0 Å². The van der Waals surface area contributed by atoms with Crippen molar-refractivity contribution in [3.63, 3.8) is 0 Å². The van der Waals surface area contributed by atoms with Gasteiger partial charge in [-0.15, -0.1) is 0 Å². The fourth-order valence-corrected chi connectivity index (χ4v) is 2.27. The van der Waals surface area contributed by atoms with Crippen LogP contribution in [0.3, 0.4) is 0 Å². The quantitative estimate of drug-likeness (QED) is 0.264. The number of guanidine groups is 1. The lowest BCUT2D eigenvalue weighted by molar-refractivity contribution is -0.456. The Bertz CT molecular complexity index is 792. The zero-order valence-electron chi connectivity index (χ0n) is 13.0. The van der Waals surface area contributed by atoms with Crippen molar-refractivity contribution < 1.29 is 9.79 Å². The molecular formula is C15H21N6O2+. The number of rotatable bonds is 6. The lowest BCUT2D eigenvalue weighted by atomic mass is 10.1. The molecular weight excluding hydrogens is 296 g/mol. The van der Waals surface area contributed by atoms with E-state index in [0.29, 0.717) is 36.1 Å². The number of nitrogens with zero attached hydrogens (tertiary/aromatic N) is 2. The summed E-state index contributed by atoms with van der Waals surface area (Å²) in [5.74, 6) is -0.0664. The number of carbonyl (C=O) groups is 1. The van der Waals surface area contributed by atoms with Gasteiger partial charge in [0.25, 0.3) is 5.56 Å². The summed E-state index contributed by atoms with van der Waals surface area (Å²) >= 11 is 0. The number of hydrogen-bond donors (Lipinski definition) is 4. The molecule has 0 aliphatic heterocycles. The molecule has 1 aromatic heterocycles. The number of hydrogen-bond acceptors (Lipinski definition) is 3. The van der Waals surface area contributed by atoms with Crippen LogP contribution in [0.15, 0.2) is 29.1 Å². The van der Waals surface area contributed by atoms with E-state index < -0.39 is 0 Å². The van der Waals surface area contributed by atoms with Crippen LogP contribution < -0.4 is 27.3 Å². The summed E-state index contributed by atoms with van der Waals surface area (Å²) in [6, 6.07) is 7.17. The van der Waals surface area contributed by atoms with E-state index in [2.05, 4.69) is 15.4 Å². The highest BCUT2D eigenvalue weighted by molar-refractivity contribution is 5.88. The molecule has 23 heavy (non-hydrogen) atoms. The minimum atomic E-state index is -0.179. The minimum Gasteiger partial charge on any atom is -0.353 e. The van der Waals surface area contributed by atoms with Crippen LogP contribution in [0.1, 0.15) is 12.6 Å². The standard InChI is InChI=1S/C15H20N6O2/c1-2-21-14(23)11-6-4-3-5-10(11)12(20-21)9-13(22)18-7-8-19-15(16)17/h3-6H,2,7-9H2,1H3,(H,18,22)(H4,16,17,19)/p+1. The Balaban J connectivity index is 2.19. The molecule has 0 spiro atoms. The molecule has 2 aromatic rings. The second kappa shape index (κ2) is 7.39. The molecule has 1 heterocycles. The maximum atomic E-state index is 12.2. The van der Waals surface area contributed by atoms with Gasteiger partial charge in [0.15, 0.2) is 0 Å². The lowest BCUT2D eigenvalue weighted by Crippen LogP contribution is -2.79. The topological polar surface area (TPSA) is 130 Å². The van der Waals surface area contributed by atoms with Gasteiger partial charge < -0.3 is 5.32 Å². The first-order valence-corrected chi connectivity index (χ1v) is 7.40. The van der Waals surface area contributed by atoms with Gasteiger partial charge in [0.1, 0.15) is 0 Å². The third-order valence-electron chi connectivity index (χ3n) is 3.35. The highest BCUT2D eigenvalue weighted by atomic mass is 16.1. The Morgan fingerprint density at radius 1 is 1.30 bits per heavy atom. The predicted molar refractivity (Wildman–Crippen MR) is 87.6 cm³/mol. The Morgan fingerprint density at radius 3 is 2.65 bits per heavy atom. The molecule has 1 amide bonds. The maximum Gasteiger partial charge on any atom is 0.338 e. The van der Waals surface area contributed by atoms with Crippen molar-refractivity contribution in [2.24, 2.45) is 11.5 Å². The fourth-order valence-electron chi connectivity index (χ4n) is 2.27. The SMILES string of the molecule is CCn1nc(CC(=O)NCC[NH+]=C(N)N)c2ccccc2c1=O. The average Bonchev–Trinajstić information content (AvgIpc) is 2.54. The van der Waals surface area contributed by atoms with Crippen molar-refractivity contribution in [1.82, 2.24) is 15.1 Å². The van der Waals surface area contributed by atoms with Gasteiger partial charge in [0.2, 0.25) is 5.91 Å². The van der Waals surface area contributed by atoms with Gasteiger partial charge in [-0.25, -0.2) is 4.68 Å². The first kappa shape index (κ1) is 16.5. The maximum absolute atomic E-state index is 12.2. The first-order chi connectivity index (χ1) is 11.0. The van der Waals surface area contributed by atoms with Crippen LogP contribution >= 0.6 is 0 Å². The first-order valence-electron chi connectivity index (χ1n) is 7.40. The second-order valence-electron chi connectivity index (χ2n) is 5.02.